The summed E-state index contributed by atoms with van der Waals surface area (Å²) in [6, 6.07) is 5.92. The van der Waals surface area contributed by atoms with Gasteiger partial charge in [0, 0.05) is 18.3 Å². The van der Waals surface area contributed by atoms with Gasteiger partial charge in [0.05, 0.1) is 11.8 Å². The van der Waals surface area contributed by atoms with Crippen molar-refractivity contribution in [1.82, 2.24) is 0 Å². The molecule has 3 nitrogen and oxygen atoms in total. The first kappa shape index (κ1) is 13.1. The molecule has 0 unspecified atom stereocenters. The smallest absolute Gasteiger partial charge is 0.144 e. The number of nitrogens with two attached hydrogens (primary N) is 1. The summed E-state index contributed by atoms with van der Waals surface area (Å²) in [4.78, 5) is 0. The third kappa shape index (κ3) is 3.09. The van der Waals surface area contributed by atoms with Crippen molar-refractivity contribution >= 4 is 11.4 Å². The number of benzene rings is 1. The molecule has 0 spiro atoms. The first-order valence-electron chi connectivity index (χ1n) is 6.79. The summed E-state index contributed by atoms with van der Waals surface area (Å²) in [6.45, 7) is 7.38. The van der Waals surface area contributed by atoms with Crippen LogP contribution in [-0.4, -0.2) is 12.6 Å². The van der Waals surface area contributed by atoms with Gasteiger partial charge in [0.25, 0.3) is 0 Å². The monoisotopic (exact) mass is 248 g/mol. The maximum absolute atomic E-state index is 5.90. The topological polar surface area (TPSA) is 47.3 Å². The van der Waals surface area contributed by atoms with E-state index in [-0.39, 0.29) is 6.10 Å². The number of anilines is 2. The fourth-order valence-electron chi connectivity index (χ4n) is 2.27. The first-order valence-corrected chi connectivity index (χ1v) is 6.79. The molecular formula is C15H24N2O. The van der Waals surface area contributed by atoms with Crippen LogP contribution in [0, 0.1) is 5.41 Å². The molecule has 0 aromatic heterocycles. The van der Waals surface area contributed by atoms with E-state index in [2.05, 4.69) is 12.2 Å². The maximum Gasteiger partial charge on any atom is 0.144 e. The lowest BCUT2D eigenvalue weighted by molar-refractivity contribution is 0.180. The minimum absolute atomic E-state index is 0.145. The molecule has 18 heavy (non-hydrogen) atoms. The maximum atomic E-state index is 5.90. The number of hydrogen-bond donors (Lipinski definition) is 2. The van der Waals surface area contributed by atoms with Crippen molar-refractivity contribution < 1.29 is 4.74 Å². The molecule has 0 amide bonds. The molecule has 0 heterocycles. The summed E-state index contributed by atoms with van der Waals surface area (Å²) in [5, 5.41) is 3.49. The molecule has 0 aliphatic heterocycles. The van der Waals surface area contributed by atoms with Gasteiger partial charge >= 0.3 is 0 Å². The summed E-state index contributed by atoms with van der Waals surface area (Å²) < 4.78 is 5.69. The van der Waals surface area contributed by atoms with Crippen LogP contribution in [-0.2, 0) is 0 Å². The zero-order valence-corrected chi connectivity index (χ0v) is 11.6. The van der Waals surface area contributed by atoms with Gasteiger partial charge < -0.3 is 15.8 Å². The van der Waals surface area contributed by atoms with Gasteiger partial charge in [-0.25, -0.2) is 0 Å². The summed E-state index contributed by atoms with van der Waals surface area (Å²) in [6.07, 6.45) is 4.16. The fourth-order valence-corrected chi connectivity index (χ4v) is 2.27. The van der Waals surface area contributed by atoms with Crippen LogP contribution in [0.2, 0.25) is 0 Å². The molecule has 1 aromatic rings. The standard InChI is InChI=1S/C15H24N2O/c1-11(2)18-14-9-12(5-6-13(14)16)17-10-15(3)7-4-8-15/h5-6,9,11,17H,4,7-8,10,16H2,1-3H3. The molecule has 0 saturated heterocycles. The van der Waals surface area contributed by atoms with E-state index < -0.39 is 0 Å². The summed E-state index contributed by atoms with van der Waals surface area (Å²) in [7, 11) is 0. The SMILES string of the molecule is CC(C)Oc1cc(NCC2(C)CCC2)ccc1N. The molecule has 1 aliphatic rings. The largest absolute Gasteiger partial charge is 0.489 e. The van der Waals surface area contributed by atoms with Crippen LogP contribution in [0.3, 0.4) is 0 Å². The van der Waals surface area contributed by atoms with Crippen LogP contribution in [0.4, 0.5) is 11.4 Å². The van der Waals surface area contributed by atoms with E-state index in [4.69, 9.17) is 10.5 Å². The second kappa shape index (κ2) is 5.09. The summed E-state index contributed by atoms with van der Waals surface area (Å²) >= 11 is 0. The Morgan fingerprint density at radius 3 is 2.67 bits per heavy atom. The van der Waals surface area contributed by atoms with Crippen molar-refractivity contribution in [3.63, 3.8) is 0 Å². The Hall–Kier alpha value is -1.38. The first-order chi connectivity index (χ1) is 8.48. The van der Waals surface area contributed by atoms with Gasteiger partial charge in [-0.2, -0.15) is 0 Å². The molecule has 3 heteroatoms. The van der Waals surface area contributed by atoms with E-state index in [1.165, 1.54) is 19.3 Å². The Balaban J connectivity index is 2.00. The Kier molecular flexibility index (Phi) is 3.69. The second-order valence-electron chi connectivity index (χ2n) is 5.94. The van der Waals surface area contributed by atoms with Crippen molar-refractivity contribution in [2.75, 3.05) is 17.6 Å². The van der Waals surface area contributed by atoms with Gasteiger partial charge in [-0.1, -0.05) is 13.3 Å². The van der Waals surface area contributed by atoms with Gasteiger partial charge in [0.2, 0.25) is 0 Å². The number of nitrogen functional groups attached to an aromatic ring is 1. The van der Waals surface area contributed by atoms with Crippen LogP contribution in [0.1, 0.15) is 40.0 Å². The van der Waals surface area contributed by atoms with Crippen molar-refractivity contribution in [3.8, 4) is 5.75 Å². The van der Waals surface area contributed by atoms with Crippen molar-refractivity contribution in [3.05, 3.63) is 18.2 Å². The van der Waals surface area contributed by atoms with E-state index in [0.29, 0.717) is 11.1 Å². The molecule has 2 rings (SSSR count). The molecule has 100 valence electrons. The number of ether oxygens (including phenoxy) is 1. The Morgan fingerprint density at radius 1 is 1.39 bits per heavy atom. The lowest BCUT2D eigenvalue weighted by Gasteiger charge is -2.38. The van der Waals surface area contributed by atoms with E-state index in [0.717, 1.165) is 18.0 Å². The van der Waals surface area contributed by atoms with Crippen molar-refractivity contribution in [1.29, 1.82) is 0 Å². The molecule has 1 aliphatic carbocycles. The predicted molar refractivity (Wildman–Crippen MR) is 77.1 cm³/mol. The van der Waals surface area contributed by atoms with E-state index >= 15 is 0 Å². The van der Waals surface area contributed by atoms with Crippen molar-refractivity contribution in [2.24, 2.45) is 5.41 Å². The average molecular weight is 248 g/mol. The third-order valence-electron chi connectivity index (χ3n) is 3.66. The van der Waals surface area contributed by atoms with Crippen LogP contribution in [0.15, 0.2) is 18.2 Å². The molecule has 1 fully saturated rings. The fraction of sp³-hybridized carbons (Fsp3) is 0.600. The van der Waals surface area contributed by atoms with Gasteiger partial charge in [-0.05, 0) is 44.2 Å². The highest BCUT2D eigenvalue weighted by Gasteiger charge is 2.31. The van der Waals surface area contributed by atoms with E-state index in [1.54, 1.807) is 0 Å². The highest BCUT2D eigenvalue weighted by atomic mass is 16.5. The predicted octanol–water partition coefficient (Wildman–Crippen LogP) is 3.66. The number of hydrogen-bond acceptors (Lipinski definition) is 3. The normalized spacial score (nSPS) is 17.3. The van der Waals surface area contributed by atoms with E-state index in [1.807, 2.05) is 32.0 Å². The molecule has 0 radical (unpaired) electrons. The summed E-state index contributed by atoms with van der Waals surface area (Å²) in [5.74, 6) is 0.772. The van der Waals surface area contributed by atoms with Crippen molar-refractivity contribution in [2.45, 2.75) is 46.1 Å². The van der Waals surface area contributed by atoms with Gasteiger partial charge in [0.15, 0.2) is 0 Å². The number of rotatable bonds is 5. The Bertz CT molecular complexity index is 411. The molecule has 1 saturated carbocycles. The lowest BCUT2D eigenvalue weighted by atomic mass is 9.70. The van der Waals surface area contributed by atoms with Crippen LogP contribution >= 0.6 is 0 Å². The highest BCUT2D eigenvalue weighted by molar-refractivity contribution is 5.61. The molecule has 0 bridgehead atoms. The van der Waals surface area contributed by atoms with E-state index in [9.17, 15) is 0 Å². The molecular weight excluding hydrogens is 224 g/mol. The second-order valence-corrected chi connectivity index (χ2v) is 5.94. The minimum Gasteiger partial charge on any atom is -0.489 e. The average Bonchev–Trinajstić information content (AvgIpc) is 2.27. The number of nitrogens with one attached hydrogen (secondary N) is 1. The van der Waals surface area contributed by atoms with Crippen LogP contribution in [0.25, 0.3) is 0 Å². The minimum atomic E-state index is 0.145. The van der Waals surface area contributed by atoms with Crippen LogP contribution < -0.4 is 15.8 Å². The van der Waals surface area contributed by atoms with Gasteiger partial charge in [-0.15, -0.1) is 0 Å². The van der Waals surface area contributed by atoms with Crippen LogP contribution in [0.5, 0.6) is 5.75 Å². The highest BCUT2D eigenvalue weighted by Crippen LogP contribution is 2.40. The molecule has 3 N–H and O–H groups in total. The van der Waals surface area contributed by atoms with Gasteiger partial charge in [0.1, 0.15) is 5.75 Å². The quantitative estimate of drug-likeness (QED) is 0.782. The Morgan fingerprint density at radius 2 is 2.11 bits per heavy atom. The Labute approximate surface area is 110 Å². The zero-order valence-electron chi connectivity index (χ0n) is 11.6. The summed E-state index contributed by atoms with van der Waals surface area (Å²) in [5.41, 5.74) is 8.17. The molecule has 0 atom stereocenters. The third-order valence-corrected chi connectivity index (χ3v) is 3.66. The zero-order chi connectivity index (χ0) is 13.2. The van der Waals surface area contributed by atoms with Gasteiger partial charge in [-0.3, -0.25) is 0 Å². The molecule has 1 aromatic carbocycles. The lowest BCUT2D eigenvalue weighted by Crippen LogP contribution is -2.33.